The molecule has 8 heteroatoms. The molecule has 1 aliphatic rings. The number of nitrogens with two attached hydrogens (primary N) is 1. The van der Waals surface area contributed by atoms with Crippen LogP contribution in [-0.2, 0) is 19.5 Å². The predicted octanol–water partition coefficient (Wildman–Crippen LogP) is 0.414. The van der Waals surface area contributed by atoms with Crippen molar-refractivity contribution in [2.75, 3.05) is 32.6 Å². The highest BCUT2D eigenvalue weighted by Crippen LogP contribution is 2.24. The first kappa shape index (κ1) is 13.8. The van der Waals surface area contributed by atoms with Gasteiger partial charge in [0.05, 0.1) is 6.61 Å². The van der Waals surface area contributed by atoms with Gasteiger partial charge in [-0.05, 0) is 6.07 Å². The molecule has 0 amide bonds. The molecule has 3 N–H and O–H groups in total. The van der Waals surface area contributed by atoms with Crippen LogP contribution < -0.4 is 10.5 Å². The number of hydrogen-bond acceptors (Lipinski definition) is 6. The zero-order valence-electron chi connectivity index (χ0n) is 10.0. The number of sulfonamides is 1. The van der Waals surface area contributed by atoms with E-state index in [-0.39, 0.29) is 10.8 Å². The largest absolute Gasteiger partial charge is 0.398 e. The lowest BCUT2D eigenvalue weighted by Gasteiger charge is -2.25. The molecule has 1 saturated heterocycles. The fourth-order valence-corrected chi connectivity index (χ4v) is 3.97. The second kappa shape index (κ2) is 5.14. The van der Waals surface area contributed by atoms with E-state index in [4.69, 9.17) is 15.2 Å². The van der Waals surface area contributed by atoms with Gasteiger partial charge in [0.2, 0.25) is 10.0 Å². The predicted molar refractivity (Wildman–Crippen MR) is 69.1 cm³/mol. The van der Waals surface area contributed by atoms with Gasteiger partial charge in [0, 0.05) is 37.7 Å². The highest BCUT2D eigenvalue weighted by Gasteiger charge is 2.36. The molecule has 2 heterocycles. The van der Waals surface area contributed by atoms with Gasteiger partial charge >= 0.3 is 0 Å². The topological polar surface area (TPSA) is 90.7 Å². The molecule has 0 saturated carbocycles. The third-order valence-electron chi connectivity index (χ3n) is 2.95. The maximum atomic E-state index is 12.0. The summed E-state index contributed by atoms with van der Waals surface area (Å²) < 4.78 is 37.4. The summed E-state index contributed by atoms with van der Waals surface area (Å²) in [4.78, 5) is 0. The molecular formula is C10H16N2O4S2. The number of rotatable bonds is 5. The average Bonchev–Trinajstić information content (AvgIpc) is 2.96. The van der Waals surface area contributed by atoms with Crippen LogP contribution in [0.5, 0.6) is 0 Å². The van der Waals surface area contributed by atoms with Gasteiger partial charge < -0.3 is 15.2 Å². The Morgan fingerprint density at radius 1 is 1.67 bits per heavy atom. The summed E-state index contributed by atoms with van der Waals surface area (Å²) in [6, 6.07) is 1.44. The Morgan fingerprint density at radius 2 is 2.44 bits per heavy atom. The van der Waals surface area contributed by atoms with Crippen LogP contribution in [0.2, 0.25) is 0 Å². The molecule has 0 aliphatic carbocycles. The van der Waals surface area contributed by atoms with Crippen molar-refractivity contribution in [2.24, 2.45) is 0 Å². The number of anilines is 1. The standard InChI is InChI=1S/C10H16N2O4S2/c1-15-10(2-3-16-7-10)6-12-18(13,14)9-4-8(11)5-17-9/h4-5,12H,2-3,6-7,11H2,1H3. The first-order valence-electron chi connectivity index (χ1n) is 5.44. The van der Waals surface area contributed by atoms with E-state index in [1.54, 1.807) is 12.5 Å². The van der Waals surface area contributed by atoms with E-state index in [1.165, 1.54) is 6.07 Å². The van der Waals surface area contributed by atoms with E-state index in [9.17, 15) is 8.42 Å². The van der Waals surface area contributed by atoms with Crippen LogP contribution in [0.4, 0.5) is 5.69 Å². The maximum Gasteiger partial charge on any atom is 0.250 e. The van der Waals surface area contributed by atoms with E-state index < -0.39 is 15.6 Å². The van der Waals surface area contributed by atoms with E-state index in [1.807, 2.05) is 0 Å². The summed E-state index contributed by atoms with van der Waals surface area (Å²) in [6.45, 7) is 1.18. The third kappa shape index (κ3) is 2.83. The van der Waals surface area contributed by atoms with Crippen LogP contribution in [-0.4, -0.2) is 40.9 Å². The van der Waals surface area contributed by atoms with Crippen LogP contribution in [0, 0.1) is 0 Å². The van der Waals surface area contributed by atoms with E-state index in [0.717, 1.165) is 11.3 Å². The lowest BCUT2D eigenvalue weighted by Crippen LogP contribution is -2.44. The Hall–Kier alpha value is -0.670. The molecule has 0 aromatic carbocycles. The van der Waals surface area contributed by atoms with Crippen LogP contribution >= 0.6 is 11.3 Å². The van der Waals surface area contributed by atoms with Crippen molar-refractivity contribution in [3.8, 4) is 0 Å². The second-order valence-corrected chi connectivity index (χ2v) is 7.12. The van der Waals surface area contributed by atoms with E-state index in [0.29, 0.717) is 25.3 Å². The minimum Gasteiger partial charge on any atom is -0.398 e. The molecule has 0 bridgehead atoms. The maximum absolute atomic E-state index is 12.0. The molecule has 1 atom stereocenters. The van der Waals surface area contributed by atoms with Gasteiger partial charge in [-0.1, -0.05) is 0 Å². The highest BCUT2D eigenvalue weighted by molar-refractivity contribution is 7.91. The minimum atomic E-state index is -3.52. The molecule has 18 heavy (non-hydrogen) atoms. The Bertz CT molecular complexity index is 506. The number of thiophene rings is 1. The van der Waals surface area contributed by atoms with Gasteiger partial charge in [-0.25, -0.2) is 13.1 Å². The molecule has 0 radical (unpaired) electrons. The van der Waals surface area contributed by atoms with Crippen molar-refractivity contribution in [2.45, 2.75) is 16.2 Å². The van der Waals surface area contributed by atoms with E-state index >= 15 is 0 Å². The highest BCUT2D eigenvalue weighted by atomic mass is 32.2. The Labute approximate surface area is 110 Å². The Morgan fingerprint density at radius 3 is 2.94 bits per heavy atom. The molecule has 1 aromatic rings. The molecular weight excluding hydrogens is 276 g/mol. The lowest BCUT2D eigenvalue weighted by molar-refractivity contribution is -0.0120. The first-order chi connectivity index (χ1) is 8.47. The van der Waals surface area contributed by atoms with Crippen molar-refractivity contribution in [3.63, 3.8) is 0 Å². The molecule has 1 unspecified atom stereocenters. The van der Waals surface area contributed by atoms with E-state index in [2.05, 4.69) is 4.72 Å². The molecule has 1 fully saturated rings. The summed E-state index contributed by atoms with van der Waals surface area (Å²) >= 11 is 1.10. The van der Waals surface area contributed by atoms with Gasteiger partial charge in [-0.3, -0.25) is 0 Å². The number of ether oxygens (including phenoxy) is 2. The molecule has 0 spiro atoms. The summed E-state index contributed by atoms with van der Waals surface area (Å²) in [5.41, 5.74) is 5.41. The third-order valence-corrected chi connectivity index (χ3v) is 5.80. The summed E-state index contributed by atoms with van der Waals surface area (Å²) in [5, 5.41) is 1.60. The second-order valence-electron chi connectivity index (χ2n) is 4.21. The summed E-state index contributed by atoms with van der Waals surface area (Å²) in [5.74, 6) is 0. The molecule has 102 valence electrons. The molecule has 1 aromatic heterocycles. The zero-order chi connectivity index (χ0) is 13.2. The summed E-state index contributed by atoms with van der Waals surface area (Å²) in [6.07, 6.45) is 0.679. The van der Waals surface area contributed by atoms with Crippen LogP contribution in [0.1, 0.15) is 6.42 Å². The van der Waals surface area contributed by atoms with Crippen molar-refractivity contribution < 1.29 is 17.9 Å². The molecule has 1 aliphatic heterocycles. The number of methoxy groups -OCH3 is 1. The van der Waals surface area contributed by atoms with Crippen molar-refractivity contribution in [3.05, 3.63) is 11.4 Å². The monoisotopic (exact) mass is 292 g/mol. The van der Waals surface area contributed by atoms with Crippen LogP contribution in [0.25, 0.3) is 0 Å². The van der Waals surface area contributed by atoms with Crippen LogP contribution in [0.15, 0.2) is 15.7 Å². The summed E-state index contributed by atoms with van der Waals surface area (Å²) in [7, 11) is -1.96. The van der Waals surface area contributed by atoms with Gasteiger partial charge in [-0.15, -0.1) is 11.3 Å². The fraction of sp³-hybridized carbons (Fsp3) is 0.600. The number of hydrogen-bond donors (Lipinski definition) is 2. The zero-order valence-corrected chi connectivity index (χ0v) is 11.6. The minimum absolute atomic E-state index is 0.198. The Balaban J connectivity index is 2.05. The average molecular weight is 292 g/mol. The molecule has 2 rings (SSSR count). The van der Waals surface area contributed by atoms with Gasteiger partial charge in [0.15, 0.2) is 0 Å². The van der Waals surface area contributed by atoms with Gasteiger partial charge in [0.25, 0.3) is 0 Å². The first-order valence-corrected chi connectivity index (χ1v) is 7.80. The van der Waals surface area contributed by atoms with Crippen LogP contribution in [0.3, 0.4) is 0 Å². The Kier molecular flexibility index (Phi) is 3.93. The van der Waals surface area contributed by atoms with Gasteiger partial charge in [-0.2, -0.15) is 0 Å². The SMILES string of the molecule is COC1(CNS(=O)(=O)c2cc(N)cs2)CCOC1. The van der Waals surface area contributed by atoms with Crippen molar-refractivity contribution in [1.82, 2.24) is 4.72 Å². The number of nitrogens with one attached hydrogen (secondary N) is 1. The van der Waals surface area contributed by atoms with Crippen molar-refractivity contribution >= 4 is 27.0 Å². The van der Waals surface area contributed by atoms with Gasteiger partial charge in [0.1, 0.15) is 9.81 Å². The molecule has 6 nitrogen and oxygen atoms in total. The fourth-order valence-electron chi connectivity index (χ4n) is 1.73. The smallest absolute Gasteiger partial charge is 0.250 e. The normalized spacial score (nSPS) is 24.5. The van der Waals surface area contributed by atoms with Crippen molar-refractivity contribution in [1.29, 1.82) is 0 Å². The lowest BCUT2D eigenvalue weighted by atomic mass is 10.0. The quantitative estimate of drug-likeness (QED) is 0.820. The number of nitrogen functional groups attached to an aromatic ring is 1.